The normalized spacial score (nSPS) is 25.7. The molecule has 0 spiro atoms. The van der Waals surface area contributed by atoms with Gasteiger partial charge < -0.3 is 23.6 Å². The van der Waals surface area contributed by atoms with Crippen LogP contribution in [0.5, 0.6) is 5.75 Å². The number of benzene rings is 2. The summed E-state index contributed by atoms with van der Waals surface area (Å²) in [6, 6.07) is 10.5. The molecule has 1 fully saturated rings. The van der Waals surface area contributed by atoms with E-state index in [4.69, 9.17) is 30.3 Å². The minimum absolute atomic E-state index is 0.0615. The van der Waals surface area contributed by atoms with Gasteiger partial charge in [-0.1, -0.05) is 30.3 Å². The van der Waals surface area contributed by atoms with Crippen LogP contribution in [-0.2, 0) is 40.2 Å². The fraction of sp³-hybridized carbons (Fsp3) is 0.444. The second-order valence-electron chi connectivity index (χ2n) is 10.4. The highest BCUT2D eigenvalue weighted by atomic mass is 32.5. The molecule has 2 aromatic rings. The van der Waals surface area contributed by atoms with Crippen molar-refractivity contribution in [3.8, 4) is 5.75 Å². The Kier molecular flexibility index (Phi) is 9.83. The maximum Gasteiger partial charge on any atom is 0.323 e. The van der Waals surface area contributed by atoms with Gasteiger partial charge in [0.05, 0.1) is 19.1 Å². The molecule has 1 saturated heterocycles. The molecule has 0 radical (unpaired) electrons. The first-order valence-electron chi connectivity index (χ1n) is 13.1. The number of aliphatic hydroxyl groups excluding tert-OH is 1. The Hall–Kier alpha value is -3.01. The van der Waals surface area contributed by atoms with Crippen molar-refractivity contribution in [3.05, 3.63) is 54.5 Å². The standard InChI is InChI=1S/C27H28F5N2O8PS/c1-14(2)40-22(37)15(3)33-43(44,42-18-9-8-16-6-4-5-7-17(16)10-18)39-13-26(24(29)30)23(38)27(31,32)25(41-26)34-12-19(28)20(35)11-21(34)36/h4-10,12,14-15,23-25,38H,11,13H2,1-3H3,(H,33,44)/t15-,23+,25+,26+,43?/m0/s1. The van der Waals surface area contributed by atoms with Crippen LogP contribution in [0.1, 0.15) is 27.2 Å². The number of nitrogens with zero attached hydrogens (tertiary/aromatic N) is 1. The molecule has 1 amide bonds. The van der Waals surface area contributed by atoms with E-state index >= 15 is 8.78 Å². The van der Waals surface area contributed by atoms with Crippen molar-refractivity contribution in [2.75, 3.05) is 6.61 Å². The van der Waals surface area contributed by atoms with Crippen LogP contribution in [0.3, 0.4) is 0 Å². The number of rotatable bonds is 11. The second kappa shape index (κ2) is 12.8. The van der Waals surface area contributed by atoms with Gasteiger partial charge in [-0.3, -0.25) is 19.3 Å². The largest absolute Gasteiger partial charge is 0.462 e. The highest BCUT2D eigenvalue weighted by molar-refractivity contribution is 8.09. The quantitative estimate of drug-likeness (QED) is 0.155. The molecule has 0 aromatic heterocycles. The molecule has 17 heteroatoms. The molecule has 44 heavy (non-hydrogen) atoms. The van der Waals surface area contributed by atoms with Crippen molar-refractivity contribution in [2.45, 2.75) is 69.6 Å². The van der Waals surface area contributed by atoms with Crippen LogP contribution in [0.15, 0.2) is 54.5 Å². The number of nitrogens with one attached hydrogen (secondary N) is 1. The Labute approximate surface area is 253 Å². The van der Waals surface area contributed by atoms with E-state index in [1.165, 1.54) is 19.1 Å². The van der Waals surface area contributed by atoms with Gasteiger partial charge in [0.2, 0.25) is 17.9 Å². The van der Waals surface area contributed by atoms with Crippen molar-refractivity contribution in [3.63, 3.8) is 0 Å². The molecule has 0 bridgehead atoms. The zero-order valence-electron chi connectivity index (χ0n) is 23.4. The summed E-state index contributed by atoms with van der Waals surface area (Å²) >= 11 is 5.50. The smallest absolute Gasteiger partial charge is 0.323 e. The summed E-state index contributed by atoms with van der Waals surface area (Å²) in [6.45, 7) is -1.20. The van der Waals surface area contributed by atoms with Crippen LogP contribution in [0.2, 0.25) is 0 Å². The van der Waals surface area contributed by atoms with E-state index in [2.05, 4.69) is 5.09 Å². The summed E-state index contributed by atoms with van der Waals surface area (Å²) in [5.41, 5.74) is -3.53. The Balaban J connectivity index is 1.67. The SMILES string of the molecule is CC(C)OC(=O)[C@H](C)NP(=S)(OC[C@@]1(C(F)F)O[C@@H](N2C=C(F)C(=O)CC2=O)C(F)(F)[C@@H]1O)Oc1ccc2ccccc2c1. The number of Topliss-reactive ketones (excluding diaryl/α,β-unsaturated/α-hetero) is 1. The van der Waals surface area contributed by atoms with E-state index < -0.39 is 85.6 Å². The van der Waals surface area contributed by atoms with Gasteiger partial charge in [-0.2, -0.15) is 8.78 Å². The molecule has 2 N–H and O–H groups in total. The van der Waals surface area contributed by atoms with Crippen LogP contribution < -0.4 is 9.61 Å². The molecular weight excluding hydrogens is 638 g/mol. The van der Waals surface area contributed by atoms with Crippen LogP contribution >= 0.6 is 6.64 Å². The summed E-state index contributed by atoms with van der Waals surface area (Å²) in [4.78, 5) is 36.2. The maximum atomic E-state index is 15.3. The average molecular weight is 667 g/mol. The van der Waals surface area contributed by atoms with E-state index in [1.54, 1.807) is 44.2 Å². The average Bonchev–Trinajstić information content (AvgIpc) is 3.15. The molecule has 4 rings (SSSR count). The molecular formula is C27H28F5N2O8PS. The van der Waals surface area contributed by atoms with Crippen molar-refractivity contribution in [1.82, 2.24) is 9.99 Å². The lowest BCUT2D eigenvalue weighted by atomic mass is 9.95. The van der Waals surface area contributed by atoms with Crippen LogP contribution in [0, 0.1) is 0 Å². The van der Waals surface area contributed by atoms with Gasteiger partial charge in [0.25, 0.3) is 6.43 Å². The number of aliphatic hydroxyl groups is 1. The Morgan fingerprint density at radius 3 is 2.48 bits per heavy atom. The highest BCUT2D eigenvalue weighted by Gasteiger charge is 2.72. The van der Waals surface area contributed by atoms with Gasteiger partial charge in [-0.05, 0) is 55.5 Å². The number of ether oxygens (including phenoxy) is 2. The van der Waals surface area contributed by atoms with Gasteiger partial charge in [-0.25, -0.2) is 18.3 Å². The summed E-state index contributed by atoms with van der Waals surface area (Å²) in [6.07, 6.45) is -11.7. The van der Waals surface area contributed by atoms with Crippen LogP contribution in [0.4, 0.5) is 22.0 Å². The molecule has 2 aliphatic heterocycles. The van der Waals surface area contributed by atoms with Gasteiger partial charge in [0, 0.05) is 6.20 Å². The summed E-state index contributed by atoms with van der Waals surface area (Å²) in [5, 5.41) is 14.6. The third-order valence-corrected chi connectivity index (χ3v) is 9.17. The van der Waals surface area contributed by atoms with Crippen molar-refractivity contribution < 1.29 is 60.0 Å². The minimum atomic E-state index is -4.60. The predicted molar refractivity (Wildman–Crippen MR) is 149 cm³/mol. The molecule has 2 aromatic carbocycles. The molecule has 1 unspecified atom stereocenters. The van der Waals surface area contributed by atoms with Gasteiger partial charge in [0.1, 0.15) is 11.8 Å². The summed E-state index contributed by atoms with van der Waals surface area (Å²) < 4.78 is 95.1. The van der Waals surface area contributed by atoms with Crippen LogP contribution in [0.25, 0.3) is 10.8 Å². The number of carbonyl (C=O) groups is 3. The lowest BCUT2D eigenvalue weighted by molar-refractivity contribution is -0.201. The van der Waals surface area contributed by atoms with Gasteiger partial charge >= 0.3 is 18.5 Å². The number of hydrogen-bond donors (Lipinski definition) is 2. The fourth-order valence-corrected chi connectivity index (χ4v) is 6.85. The van der Waals surface area contributed by atoms with E-state index in [0.717, 1.165) is 5.39 Å². The van der Waals surface area contributed by atoms with E-state index in [1.807, 2.05) is 0 Å². The molecule has 2 aliphatic rings. The number of alkyl halides is 4. The molecule has 0 saturated carbocycles. The second-order valence-corrected chi connectivity index (χ2v) is 13.5. The third kappa shape index (κ3) is 6.80. The summed E-state index contributed by atoms with van der Waals surface area (Å²) in [7, 11) is 0. The first-order chi connectivity index (χ1) is 20.5. The van der Waals surface area contributed by atoms with Crippen molar-refractivity contribution in [2.24, 2.45) is 0 Å². The molecule has 0 aliphatic carbocycles. The number of fused-ring (bicyclic) bond motifs is 1. The topological polar surface area (TPSA) is 124 Å². The van der Waals surface area contributed by atoms with Gasteiger partial charge in [0.15, 0.2) is 17.5 Å². The zero-order valence-corrected chi connectivity index (χ0v) is 25.1. The van der Waals surface area contributed by atoms with Crippen molar-refractivity contribution >= 4 is 46.9 Å². The third-order valence-electron chi connectivity index (χ3n) is 6.69. The predicted octanol–water partition coefficient (Wildman–Crippen LogP) is 4.36. The Bertz CT molecular complexity index is 1530. The number of esters is 1. The number of halogens is 5. The minimum Gasteiger partial charge on any atom is -0.462 e. The van der Waals surface area contributed by atoms with E-state index in [0.29, 0.717) is 5.39 Å². The number of ketones is 1. The maximum absolute atomic E-state index is 15.3. The lowest BCUT2D eigenvalue weighted by Gasteiger charge is -2.34. The zero-order chi connectivity index (χ0) is 32.6. The number of hydrogen-bond acceptors (Lipinski definition) is 9. The molecule has 10 nitrogen and oxygen atoms in total. The molecule has 240 valence electrons. The Morgan fingerprint density at radius 1 is 1.18 bits per heavy atom. The van der Waals surface area contributed by atoms with Crippen LogP contribution in [-0.4, -0.2) is 76.7 Å². The first kappa shape index (κ1) is 33.9. The number of amides is 1. The first-order valence-corrected chi connectivity index (χ1v) is 15.8. The van der Waals surface area contributed by atoms with E-state index in [9.17, 15) is 32.7 Å². The monoisotopic (exact) mass is 666 g/mol. The molecule has 2 heterocycles. The van der Waals surface area contributed by atoms with Crippen molar-refractivity contribution in [1.29, 1.82) is 0 Å². The van der Waals surface area contributed by atoms with E-state index in [-0.39, 0.29) is 16.8 Å². The Morgan fingerprint density at radius 2 is 1.84 bits per heavy atom. The lowest BCUT2D eigenvalue weighted by Crippen LogP contribution is -2.55. The highest BCUT2D eigenvalue weighted by Crippen LogP contribution is 2.52. The van der Waals surface area contributed by atoms with Gasteiger partial charge in [-0.15, -0.1) is 0 Å². The summed E-state index contributed by atoms with van der Waals surface area (Å²) in [5.74, 6) is -9.62. The number of carbonyl (C=O) groups excluding carboxylic acids is 3. The molecule has 5 atom stereocenters. The fourth-order valence-electron chi connectivity index (χ4n) is 4.44. The number of allylic oxidation sites excluding steroid dienone is 1.